The van der Waals surface area contributed by atoms with E-state index in [0.717, 1.165) is 32.2 Å². The van der Waals surface area contributed by atoms with E-state index < -0.39 is 0 Å². The van der Waals surface area contributed by atoms with Crippen molar-refractivity contribution < 1.29 is 9.47 Å². The molecule has 0 saturated heterocycles. The summed E-state index contributed by atoms with van der Waals surface area (Å²) in [6, 6.07) is 13.6. The molecule has 3 aromatic rings. The summed E-state index contributed by atoms with van der Waals surface area (Å²) in [5.74, 6) is 1.58. The van der Waals surface area contributed by atoms with Gasteiger partial charge in [-0.2, -0.15) is 0 Å². The molecule has 0 aliphatic carbocycles. The molecule has 5 heteroatoms. The topological polar surface area (TPSA) is 57.4 Å². The van der Waals surface area contributed by atoms with Crippen LogP contribution in [0.15, 0.2) is 58.5 Å². The van der Waals surface area contributed by atoms with E-state index in [1.165, 1.54) is 0 Å². The summed E-state index contributed by atoms with van der Waals surface area (Å²) in [5.41, 5.74) is 7.47. The Morgan fingerprint density at radius 1 is 1.05 bits per heavy atom. The lowest BCUT2D eigenvalue weighted by molar-refractivity contribution is 0.406. The molecule has 2 aromatic carbocycles. The summed E-state index contributed by atoms with van der Waals surface area (Å²) >= 11 is 1.62. The number of nitrogens with two attached hydrogens (primary N) is 1. The number of nitrogens with zero attached hydrogens (tertiary/aromatic N) is 1. The maximum atomic E-state index is 6.06. The molecule has 0 amide bonds. The van der Waals surface area contributed by atoms with Crippen molar-refractivity contribution in [3.05, 3.63) is 48.7 Å². The van der Waals surface area contributed by atoms with E-state index in [-0.39, 0.29) is 0 Å². The minimum absolute atomic E-state index is 0.617. The second kappa shape index (κ2) is 6.15. The van der Waals surface area contributed by atoms with Crippen LogP contribution in [0.2, 0.25) is 0 Å². The number of rotatable bonds is 4. The van der Waals surface area contributed by atoms with Gasteiger partial charge in [-0.1, -0.05) is 11.8 Å². The van der Waals surface area contributed by atoms with Gasteiger partial charge in [0, 0.05) is 22.5 Å². The summed E-state index contributed by atoms with van der Waals surface area (Å²) in [5, 5.41) is 0.986. The molecule has 112 valence electrons. The summed E-state index contributed by atoms with van der Waals surface area (Å²) in [6.45, 7) is 0. The van der Waals surface area contributed by atoms with Crippen LogP contribution in [0.25, 0.3) is 10.9 Å². The quantitative estimate of drug-likeness (QED) is 0.738. The molecule has 0 saturated carbocycles. The number of anilines is 1. The molecule has 0 spiro atoms. The molecule has 0 aliphatic rings. The molecule has 0 unspecified atom stereocenters. The Balaban J connectivity index is 2.10. The van der Waals surface area contributed by atoms with Crippen LogP contribution >= 0.6 is 11.8 Å². The van der Waals surface area contributed by atoms with Crippen molar-refractivity contribution in [1.82, 2.24) is 4.98 Å². The van der Waals surface area contributed by atoms with Crippen molar-refractivity contribution >= 4 is 28.4 Å². The van der Waals surface area contributed by atoms with Gasteiger partial charge in [0.15, 0.2) is 0 Å². The molecule has 1 heterocycles. The Bertz CT molecular complexity index is 804. The van der Waals surface area contributed by atoms with E-state index in [4.69, 9.17) is 15.2 Å². The number of pyridine rings is 1. The van der Waals surface area contributed by atoms with Crippen LogP contribution in [0, 0.1) is 0 Å². The number of hydrogen-bond donors (Lipinski definition) is 1. The van der Waals surface area contributed by atoms with Crippen LogP contribution in [0.1, 0.15) is 0 Å². The van der Waals surface area contributed by atoms with E-state index >= 15 is 0 Å². The van der Waals surface area contributed by atoms with Gasteiger partial charge in [-0.25, -0.2) is 0 Å². The standard InChI is InChI=1S/C17H16N2O2S/c1-20-11-5-7-12(8-6-11)22-17-13-4-3-9-19-16(13)14(18)10-15(17)21-2/h3-10H,18H2,1-2H3. The summed E-state index contributed by atoms with van der Waals surface area (Å²) in [6.07, 6.45) is 1.74. The molecule has 4 nitrogen and oxygen atoms in total. The van der Waals surface area contributed by atoms with Crippen LogP contribution < -0.4 is 15.2 Å². The first-order valence-corrected chi connectivity index (χ1v) is 7.57. The predicted octanol–water partition coefficient (Wildman–Crippen LogP) is 3.99. The number of ether oxygens (including phenoxy) is 2. The largest absolute Gasteiger partial charge is 0.497 e. The molecule has 0 aliphatic heterocycles. The molecule has 22 heavy (non-hydrogen) atoms. The molecule has 0 atom stereocenters. The second-order valence-electron chi connectivity index (χ2n) is 4.67. The lowest BCUT2D eigenvalue weighted by Gasteiger charge is -2.13. The van der Waals surface area contributed by atoms with E-state index in [1.54, 1.807) is 32.2 Å². The maximum absolute atomic E-state index is 6.06. The van der Waals surface area contributed by atoms with E-state index in [0.29, 0.717) is 5.69 Å². The Morgan fingerprint density at radius 3 is 2.50 bits per heavy atom. The molecule has 0 radical (unpaired) electrons. The lowest BCUT2D eigenvalue weighted by Crippen LogP contribution is -1.95. The van der Waals surface area contributed by atoms with Gasteiger partial charge in [0.1, 0.15) is 11.5 Å². The third-order valence-corrected chi connectivity index (χ3v) is 4.47. The van der Waals surface area contributed by atoms with Gasteiger partial charge in [-0.3, -0.25) is 4.98 Å². The maximum Gasteiger partial charge on any atom is 0.135 e. The van der Waals surface area contributed by atoms with Gasteiger partial charge in [0.2, 0.25) is 0 Å². The average Bonchev–Trinajstić information content (AvgIpc) is 2.58. The zero-order chi connectivity index (χ0) is 15.5. The van der Waals surface area contributed by atoms with Gasteiger partial charge in [0.25, 0.3) is 0 Å². The van der Waals surface area contributed by atoms with Crippen molar-refractivity contribution in [3.63, 3.8) is 0 Å². The second-order valence-corrected chi connectivity index (χ2v) is 5.76. The Hall–Kier alpha value is -2.40. The van der Waals surface area contributed by atoms with Crippen molar-refractivity contribution in [3.8, 4) is 11.5 Å². The van der Waals surface area contributed by atoms with Crippen molar-refractivity contribution in [2.75, 3.05) is 20.0 Å². The van der Waals surface area contributed by atoms with Crippen LogP contribution in [0.3, 0.4) is 0 Å². The van der Waals surface area contributed by atoms with Gasteiger partial charge in [-0.05, 0) is 36.4 Å². The number of benzene rings is 2. The normalized spacial score (nSPS) is 10.6. The third kappa shape index (κ3) is 2.67. The zero-order valence-electron chi connectivity index (χ0n) is 12.4. The molecule has 0 fully saturated rings. The highest BCUT2D eigenvalue weighted by Gasteiger charge is 2.13. The summed E-state index contributed by atoms with van der Waals surface area (Å²) < 4.78 is 10.7. The van der Waals surface area contributed by atoms with Crippen molar-refractivity contribution in [2.24, 2.45) is 0 Å². The molecule has 3 rings (SSSR count). The lowest BCUT2D eigenvalue weighted by atomic mass is 10.2. The summed E-state index contributed by atoms with van der Waals surface area (Å²) in [4.78, 5) is 6.47. The fourth-order valence-electron chi connectivity index (χ4n) is 2.24. The monoisotopic (exact) mass is 312 g/mol. The van der Waals surface area contributed by atoms with Crippen molar-refractivity contribution in [1.29, 1.82) is 0 Å². The Morgan fingerprint density at radius 2 is 1.82 bits per heavy atom. The minimum Gasteiger partial charge on any atom is -0.497 e. The van der Waals surface area contributed by atoms with Crippen LogP contribution in [0.5, 0.6) is 11.5 Å². The number of methoxy groups -OCH3 is 2. The summed E-state index contributed by atoms with van der Waals surface area (Å²) in [7, 11) is 3.30. The van der Waals surface area contributed by atoms with E-state index in [2.05, 4.69) is 4.98 Å². The highest BCUT2D eigenvalue weighted by molar-refractivity contribution is 7.99. The highest BCUT2D eigenvalue weighted by atomic mass is 32.2. The smallest absolute Gasteiger partial charge is 0.135 e. The first kappa shape index (κ1) is 14.5. The number of nitrogen functional groups attached to an aromatic ring is 1. The molecule has 0 bridgehead atoms. The van der Waals surface area contributed by atoms with Gasteiger partial charge >= 0.3 is 0 Å². The van der Waals surface area contributed by atoms with E-state index in [1.807, 2.05) is 42.5 Å². The Kier molecular flexibility index (Phi) is 4.06. The Labute approximate surface area is 133 Å². The number of fused-ring (bicyclic) bond motifs is 1. The van der Waals surface area contributed by atoms with Crippen LogP contribution in [-0.4, -0.2) is 19.2 Å². The SMILES string of the molecule is COc1ccc(Sc2c(OC)cc(N)c3ncccc23)cc1. The number of hydrogen-bond acceptors (Lipinski definition) is 5. The minimum atomic E-state index is 0.617. The zero-order valence-corrected chi connectivity index (χ0v) is 13.2. The van der Waals surface area contributed by atoms with E-state index in [9.17, 15) is 0 Å². The first-order chi connectivity index (χ1) is 10.7. The molecular weight excluding hydrogens is 296 g/mol. The number of aromatic nitrogens is 1. The fourth-order valence-corrected chi connectivity index (χ4v) is 3.27. The van der Waals surface area contributed by atoms with Crippen LogP contribution in [0.4, 0.5) is 5.69 Å². The average molecular weight is 312 g/mol. The first-order valence-electron chi connectivity index (χ1n) is 6.76. The third-order valence-electron chi connectivity index (χ3n) is 3.34. The molecule has 1 aromatic heterocycles. The van der Waals surface area contributed by atoms with Gasteiger partial charge in [-0.15, -0.1) is 0 Å². The van der Waals surface area contributed by atoms with Gasteiger partial charge in [0.05, 0.1) is 30.3 Å². The highest BCUT2D eigenvalue weighted by Crippen LogP contribution is 2.42. The molecular formula is C17H16N2O2S. The molecule has 2 N–H and O–H groups in total. The van der Waals surface area contributed by atoms with Crippen molar-refractivity contribution in [2.45, 2.75) is 9.79 Å². The predicted molar refractivity (Wildman–Crippen MR) is 89.8 cm³/mol. The fraction of sp³-hybridized carbons (Fsp3) is 0.118. The van der Waals surface area contributed by atoms with Gasteiger partial charge < -0.3 is 15.2 Å². The van der Waals surface area contributed by atoms with Crippen LogP contribution in [-0.2, 0) is 0 Å².